The Morgan fingerprint density at radius 2 is 2.16 bits per heavy atom. The van der Waals surface area contributed by atoms with Crippen molar-refractivity contribution in [3.63, 3.8) is 0 Å². The lowest BCUT2D eigenvalue weighted by Gasteiger charge is -2.15. The summed E-state index contributed by atoms with van der Waals surface area (Å²) in [6, 6.07) is -1.14. The van der Waals surface area contributed by atoms with Crippen LogP contribution >= 0.6 is 0 Å². The third-order valence-corrected chi connectivity index (χ3v) is 3.91. The highest BCUT2D eigenvalue weighted by atomic mass is 32.2. The molecule has 0 amide bonds. The highest BCUT2D eigenvalue weighted by Crippen LogP contribution is 2.11. The molecular weight excluding hydrogens is 270 g/mol. The van der Waals surface area contributed by atoms with Gasteiger partial charge in [-0.05, 0) is 12.3 Å². The molecule has 0 fully saturated rings. The topological polar surface area (TPSA) is 112 Å². The Kier molecular flexibility index (Phi) is 5.07. The smallest absolute Gasteiger partial charge is 0.321 e. The molecule has 0 spiro atoms. The van der Waals surface area contributed by atoms with E-state index in [1.807, 2.05) is 20.8 Å². The third-order valence-electron chi connectivity index (χ3n) is 2.53. The Morgan fingerprint density at radius 3 is 2.58 bits per heavy atom. The number of nitrogens with one attached hydrogen (secondary N) is 2. The second kappa shape index (κ2) is 6.16. The van der Waals surface area contributed by atoms with E-state index in [-0.39, 0.29) is 17.4 Å². The van der Waals surface area contributed by atoms with Gasteiger partial charge in [0.25, 0.3) is 10.0 Å². The van der Waals surface area contributed by atoms with Gasteiger partial charge in [0, 0.05) is 6.42 Å². The molecule has 0 bridgehead atoms. The molecule has 108 valence electrons. The van der Waals surface area contributed by atoms with Crippen LogP contribution in [-0.4, -0.2) is 35.5 Å². The van der Waals surface area contributed by atoms with Crippen LogP contribution in [0.25, 0.3) is 0 Å². The van der Waals surface area contributed by atoms with Gasteiger partial charge in [-0.25, -0.2) is 13.4 Å². The zero-order valence-electron chi connectivity index (χ0n) is 11.2. The van der Waals surface area contributed by atoms with Crippen molar-refractivity contribution in [1.82, 2.24) is 14.7 Å². The van der Waals surface area contributed by atoms with Crippen LogP contribution in [0.5, 0.6) is 0 Å². The first-order valence-electron chi connectivity index (χ1n) is 6.05. The van der Waals surface area contributed by atoms with Gasteiger partial charge < -0.3 is 10.1 Å². The molecule has 1 aromatic rings. The number of carboxylic acid groups (broad SMARTS) is 1. The average molecular weight is 289 g/mol. The molecule has 0 aliphatic heterocycles. The monoisotopic (exact) mass is 289 g/mol. The maximum Gasteiger partial charge on any atom is 0.321 e. The van der Waals surface area contributed by atoms with E-state index in [1.54, 1.807) is 0 Å². The summed E-state index contributed by atoms with van der Waals surface area (Å²) in [7, 11) is -3.89. The number of aromatic nitrogens is 2. The predicted molar refractivity (Wildman–Crippen MR) is 69.2 cm³/mol. The van der Waals surface area contributed by atoms with Gasteiger partial charge in [-0.15, -0.1) is 0 Å². The molecule has 0 aliphatic carbocycles. The number of aliphatic carboxylic acids is 1. The molecule has 0 radical (unpaired) electrons. The minimum absolute atomic E-state index is 0.0665. The molecule has 0 aromatic carbocycles. The van der Waals surface area contributed by atoms with Crippen LogP contribution in [-0.2, 0) is 21.2 Å². The van der Waals surface area contributed by atoms with E-state index in [4.69, 9.17) is 5.11 Å². The van der Waals surface area contributed by atoms with Gasteiger partial charge >= 0.3 is 5.97 Å². The number of sulfonamides is 1. The number of H-pyrrole nitrogens is 1. The molecular formula is C11H19N3O4S. The average Bonchev–Trinajstić information content (AvgIpc) is 2.76. The zero-order chi connectivity index (χ0) is 14.6. The molecule has 0 saturated heterocycles. The number of carboxylic acids is 1. The summed E-state index contributed by atoms with van der Waals surface area (Å²) in [4.78, 5) is 17.6. The first kappa shape index (κ1) is 15.6. The molecule has 1 aromatic heterocycles. The van der Waals surface area contributed by atoms with Crippen LogP contribution in [0.1, 0.15) is 33.0 Å². The molecule has 1 heterocycles. The van der Waals surface area contributed by atoms with Crippen LogP contribution in [0.4, 0.5) is 0 Å². The molecule has 0 aliphatic rings. The van der Waals surface area contributed by atoms with Crippen molar-refractivity contribution in [2.24, 2.45) is 5.92 Å². The Bertz CT molecular complexity index is 536. The normalized spacial score (nSPS) is 13.7. The van der Waals surface area contributed by atoms with E-state index in [1.165, 1.54) is 6.20 Å². The number of aromatic amines is 1. The van der Waals surface area contributed by atoms with E-state index >= 15 is 0 Å². The number of aryl methyl sites for hydroxylation is 1. The lowest BCUT2D eigenvalue weighted by Crippen LogP contribution is -2.41. The second-order valence-corrected chi connectivity index (χ2v) is 6.37. The number of rotatable bonds is 7. The quantitative estimate of drug-likeness (QED) is 0.685. The number of nitrogens with zero attached hydrogens (tertiary/aromatic N) is 1. The molecule has 19 heavy (non-hydrogen) atoms. The van der Waals surface area contributed by atoms with Gasteiger partial charge in [0.1, 0.15) is 11.9 Å². The van der Waals surface area contributed by atoms with E-state index < -0.39 is 22.0 Å². The van der Waals surface area contributed by atoms with Crippen molar-refractivity contribution in [1.29, 1.82) is 0 Å². The number of carbonyl (C=O) groups is 1. The Morgan fingerprint density at radius 1 is 1.53 bits per heavy atom. The van der Waals surface area contributed by atoms with Crippen LogP contribution in [0.3, 0.4) is 0 Å². The van der Waals surface area contributed by atoms with Crippen molar-refractivity contribution in [3.8, 4) is 0 Å². The maximum absolute atomic E-state index is 12.0. The van der Waals surface area contributed by atoms with Crippen LogP contribution in [0.2, 0.25) is 0 Å². The minimum Gasteiger partial charge on any atom is -0.480 e. The highest BCUT2D eigenvalue weighted by Gasteiger charge is 2.27. The Balaban J connectivity index is 2.90. The maximum atomic E-state index is 12.0. The van der Waals surface area contributed by atoms with E-state index in [0.29, 0.717) is 12.2 Å². The molecule has 0 unspecified atom stereocenters. The first-order valence-corrected chi connectivity index (χ1v) is 7.53. The molecule has 3 N–H and O–H groups in total. The van der Waals surface area contributed by atoms with Crippen molar-refractivity contribution in [2.45, 2.75) is 44.7 Å². The molecule has 1 rings (SSSR count). The largest absolute Gasteiger partial charge is 0.480 e. The standard InChI is InChI=1S/C11H19N3O4S/c1-4-9-12-6-10(13-9)19(17,18)14-8(11(15)16)5-7(2)3/h6-8,14H,4-5H2,1-3H3,(H,12,13)(H,15,16)/t8-/m1/s1. The van der Waals surface area contributed by atoms with Crippen LogP contribution in [0.15, 0.2) is 11.2 Å². The summed E-state index contributed by atoms with van der Waals surface area (Å²) in [5, 5.41) is 8.92. The highest BCUT2D eigenvalue weighted by molar-refractivity contribution is 7.89. The van der Waals surface area contributed by atoms with E-state index in [0.717, 1.165) is 0 Å². The summed E-state index contributed by atoms with van der Waals surface area (Å²) in [5.74, 6) is -0.583. The van der Waals surface area contributed by atoms with Gasteiger partial charge in [-0.1, -0.05) is 20.8 Å². The number of imidazole rings is 1. The van der Waals surface area contributed by atoms with Crippen LogP contribution in [0, 0.1) is 5.92 Å². The zero-order valence-corrected chi connectivity index (χ0v) is 12.0. The first-order chi connectivity index (χ1) is 8.76. The summed E-state index contributed by atoms with van der Waals surface area (Å²) < 4.78 is 26.2. The Hall–Kier alpha value is -1.41. The predicted octanol–water partition coefficient (Wildman–Crippen LogP) is 0.750. The number of hydrogen-bond acceptors (Lipinski definition) is 4. The summed E-state index contributed by atoms with van der Waals surface area (Å²) >= 11 is 0. The minimum atomic E-state index is -3.89. The SMILES string of the molecule is CCc1ncc(S(=O)(=O)N[C@H](CC(C)C)C(=O)O)[nH]1. The van der Waals surface area contributed by atoms with Crippen molar-refractivity contribution >= 4 is 16.0 Å². The summed E-state index contributed by atoms with van der Waals surface area (Å²) in [5.41, 5.74) is 0. The van der Waals surface area contributed by atoms with Crippen molar-refractivity contribution in [3.05, 3.63) is 12.0 Å². The van der Waals surface area contributed by atoms with Gasteiger partial charge in [-0.2, -0.15) is 4.72 Å². The van der Waals surface area contributed by atoms with Gasteiger partial charge in [0.2, 0.25) is 0 Å². The molecule has 1 atom stereocenters. The fourth-order valence-electron chi connectivity index (χ4n) is 1.58. The van der Waals surface area contributed by atoms with Gasteiger partial charge in [0.15, 0.2) is 5.03 Å². The van der Waals surface area contributed by atoms with Crippen LogP contribution < -0.4 is 4.72 Å². The van der Waals surface area contributed by atoms with Gasteiger partial charge in [-0.3, -0.25) is 4.79 Å². The summed E-state index contributed by atoms with van der Waals surface area (Å²) in [6.45, 7) is 5.49. The molecule has 8 heteroatoms. The molecule has 0 saturated carbocycles. The van der Waals surface area contributed by atoms with Crippen molar-refractivity contribution in [2.75, 3.05) is 0 Å². The lowest BCUT2D eigenvalue weighted by atomic mass is 10.1. The fraction of sp³-hybridized carbons (Fsp3) is 0.636. The fourth-order valence-corrected chi connectivity index (χ4v) is 2.72. The summed E-state index contributed by atoms with van der Waals surface area (Å²) in [6.07, 6.45) is 1.99. The lowest BCUT2D eigenvalue weighted by molar-refractivity contribution is -0.139. The van der Waals surface area contributed by atoms with Crippen molar-refractivity contribution < 1.29 is 18.3 Å². The Labute approximate surface area is 112 Å². The van der Waals surface area contributed by atoms with E-state index in [2.05, 4.69) is 14.7 Å². The van der Waals surface area contributed by atoms with E-state index in [9.17, 15) is 13.2 Å². The molecule has 7 nitrogen and oxygen atoms in total. The third kappa shape index (κ3) is 4.32. The second-order valence-electron chi connectivity index (χ2n) is 4.69. The number of hydrogen-bond donors (Lipinski definition) is 3. The van der Waals surface area contributed by atoms with Gasteiger partial charge in [0.05, 0.1) is 6.20 Å².